The maximum absolute atomic E-state index is 9.92. The van der Waals surface area contributed by atoms with Gasteiger partial charge in [-0.2, -0.15) is 5.26 Å². The van der Waals surface area contributed by atoms with E-state index in [2.05, 4.69) is 6.07 Å². The first-order valence-corrected chi connectivity index (χ1v) is 4.28. The van der Waals surface area contributed by atoms with Gasteiger partial charge < -0.3 is 5.11 Å². The molecule has 0 saturated heterocycles. The first kappa shape index (κ1) is 8.55. The molecule has 1 rings (SSSR count). The molecule has 11 heavy (non-hydrogen) atoms. The molecule has 0 aromatic rings. The third-order valence-corrected chi connectivity index (χ3v) is 2.80. The van der Waals surface area contributed by atoms with Crippen molar-refractivity contribution >= 4 is 0 Å². The predicted octanol–water partition coefficient (Wildman–Crippen LogP) is 1.84. The van der Waals surface area contributed by atoms with Crippen molar-refractivity contribution in [1.82, 2.24) is 0 Å². The van der Waals surface area contributed by atoms with Gasteiger partial charge in [-0.25, -0.2) is 0 Å². The molecule has 0 bridgehead atoms. The molecule has 2 nitrogen and oxygen atoms in total. The van der Waals surface area contributed by atoms with Gasteiger partial charge in [0.05, 0.1) is 18.1 Å². The maximum atomic E-state index is 9.92. The Morgan fingerprint density at radius 2 is 2.36 bits per heavy atom. The standard InChI is InChI=1S/C9H15NO/c1-8-4-2-3-5-9(8,11)6-7-10/h8,11H,2-6H2,1H3. The first-order valence-electron chi connectivity index (χ1n) is 4.28. The Hall–Kier alpha value is -0.550. The molecule has 1 aliphatic rings. The molecule has 2 atom stereocenters. The third kappa shape index (κ3) is 1.72. The minimum Gasteiger partial charge on any atom is -0.389 e. The van der Waals surface area contributed by atoms with E-state index in [1.165, 1.54) is 6.42 Å². The average Bonchev–Trinajstić information content (AvgIpc) is 1.96. The zero-order chi connectivity index (χ0) is 8.32. The summed E-state index contributed by atoms with van der Waals surface area (Å²) in [5.74, 6) is 0.302. The van der Waals surface area contributed by atoms with Crippen LogP contribution in [0.25, 0.3) is 0 Å². The zero-order valence-electron chi connectivity index (χ0n) is 7.01. The lowest BCUT2D eigenvalue weighted by Gasteiger charge is -2.36. The molecule has 2 heteroatoms. The van der Waals surface area contributed by atoms with Gasteiger partial charge >= 0.3 is 0 Å². The topological polar surface area (TPSA) is 44.0 Å². The number of hydrogen-bond acceptors (Lipinski definition) is 2. The highest BCUT2D eigenvalue weighted by Gasteiger charge is 2.35. The number of rotatable bonds is 1. The van der Waals surface area contributed by atoms with E-state index in [1.54, 1.807) is 0 Å². The van der Waals surface area contributed by atoms with Crippen molar-refractivity contribution in [3.63, 3.8) is 0 Å². The normalized spacial score (nSPS) is 38.1. The Kier molecular flexibility index (Phi) is 2.51. The van der Waals surface area contributed by atoms with Crippen LogP contribution in [0.1, 0.15) is 39.0 Å². The summed E-state index contributed by atoms with van der Waals surface area (Å²) in [6, 6.07) is 2.06. The number of nitriles is 1. The first-order chi connectivity index (χ1) is 5.19. The van der Waals surface area contributed by atoms with E-state index in [9.17, 15) is 5.11 Å². The van der Waals surface area contributed by atoms with Gasteiger partial charge in [-0.3, -0.25) is 0 Å². The van der Waals surface area contributed by atoms with Crippen LogP contribution in [0.2, 0.25) is 0 Å². The summed E-state index contributed by atoms with van der Waals surface area (Å²) in [5, 5.41) is 18.4. The molecule has 0 spiro atoms. The molecule has 1 saturated carbocycles. The maximum Gasteiger partial charge on any atom is 0.0802 e. The van der Waals surface area contributed by atoms with E-state index in [0.717, 1.165) is 19.3 Å². The number of hydrogen-bond donors (Lipinski definition) is 1. The largest absolute Gasteiger partial charge is 0.389 e. The van der Waals surface area contributed by atoms with Crippen molar-refractivity contribution < 1.29 is 5.11 Å². The number of nitrogens with zero attached hydrogens (tertiary/aromatic N) is 1. The number of aliphatic hydroxyl groups is 1. The molecular weight excluding hydrogens is 138 g/mol. The molecule has 62 valence electrons. The van der Waals surface area contributed by atoms with Gasteiger partial charge in [0.2, 0.25) is 0 Å². The van der Waals surface area contributed by atoms with E-state index in [1.807, 2.05) is 6.92 Å². The fraction of sp³-hybridized carbons (Fsp3) is 0.889. The molecule has 0 radical (unpaired) electrons. The SMILES string of the molecule is CC1CCCCC1(O)CC#N. The summed E-state index contributed by atoms with van der Waals surface area (Å²) >= 11 is 0. The minimum absolute atomic E-state index is 0.300. The van der Waals surface area contributed by atoms with Crippen molar-refractivity contribution in [2.45, 2.75) is 44.6 Å². The molecule has 0 heterocycles. The summed E-state index contributed by atoms with van der Waals surface area (Å²) in [7, 11) is 0. The lowest BCUT2D eigenvalue weighted by molar-refractivity contribution is -0.0368. The van der Waals surface area contributed by atoms with Crippen LogP contribution in [0, 0.1) is 17.2 Å². The van der Waals surface area contributed by atoms with Crippen LogP contribution in [0.3, 0.4) is 0 Å². The summed E-state index contributed by atoms with van der Waals surface area (Å²) < 4.78 is 0. The van der Waals surface area contributed by atoms with Crippen molar-refractivity contribution in [1.29, 1.82) is 5.26 Å². The molecular formula is C9H15NO. The smallest absolute Gasteiger partial charge is 0.0802 e. The van der Waals surface area contributed by atoms with E-state index in [0.29, 0.717) is 12.3 Å². The predicted molar refractivity (Wildman–Crippen MR) is 42.8 cm³/mol. The Labute approximate surface area is 67.8 Å². The fourth-order valence-corrected chi connectivity index (χ4v) is 1.80. The van der Waals surface area contributed by atoms with E-state index in [4.69, 9.17) is 5.26 Å². The molecule has 2 unspecified atom stereocenters. The molecule has 1 aliphatic carbocycles. The van der Waals surface area contributed by atoms with E-state index < -0.39 is 5.60 Å². The summed E-state index contributed by atoms with van der Waals surface area (Å²) in [4.78, 5) is 0. The Morgan fingerprint density at radius 3 is 2.91 bits per heavy atom. The lowest BCUT2D eigenvalue weighted by Crippen LogP contribution is -2.38. The van der Waals surface area contributed by atoms with Gasteiger partial charge in [-0.15, -0.1) is 0 Å². The molecule has 0 aliphatic heterocycles. The fourth-order valence-electron chi connectivity index (χ4n) is 1.80. The van der Waals surface area contributed by atoms with Crippen LogP contribution in [-0.2, 0) is 0 Å². The quantitative estimate of drug-likeness (QED) is 0.624. The van der Waals surface area contributed by atoms with Crippen LogP contribution in [0.4, 0.5) is 0 Å². The zero-order valence-corrected chi connectivity index (χ0v) is 7.01. The average molecular weight is 153 g/mol. The van der Waals surface area contributed by atoms with Crippen LogP contribution >= 0.6 is 0 Å². The van der Waals surface area contributed by atoms with Gasteiger partial charge in [0.15, 0.2) is 0 Å². The van der Waals surface area contributed by atoms with Gasteiger partial charge in [0.25, 0.3) is 0 Å². The second-order valence-corrected chi connectivity index (χ2v) is 3.59. The van der Waals surface area contributed by atoms with Gasteiger partial charge in [-0.05, 0) is 18.8 Å². The van der Waals surface area contributed by atoms with Crippen molar-refractivity contribution in [3.05, 3.63) is 0 Å². The Bertz CT molecular complexity index is 173. The second kappa shape index (κ2) is 3.23. The minimum atomic E-state index is -0.674. The van der Waals surface area contributed by atoms with Crippen molar-refractivity contribution in [2.24, 2.45) is 5.92 Å². The lowest BCUT2D eigenvalue weighted by atomic mass is 9.75. The van der Waals surface area contributed by atoms with Crippen LogP contribution in [0.5, 0.6) is 0 Å². The summed E-state index contributed by atoms with van der Waals surface area (Å²) in [6.45, 7) is 2.04. The monoisotopic (exact) mass is 153 g/mol. The van der Waals surface area contributed by atoms with Crippen LogP contribution in [-0.4, -0.2) is 10.7 Å². The molecule has 0 amide bonds. The van der Waals surface area contributed by atoms with Gasteiger partial charge in [-0.1, -0.05) is 19.8 Å². The van der Waals surface area contributed by atoms with Crippen LogP contribution in [0.15, 0.2) is 0 Å². The van der Waals surface area contributed by atoms with Crippen molar-refractivity contribution in [2.75, 3.05) is 0 Å². The second-order valence-electron chi connectivity index (χ2n) is 3.59. The van der Waals surface area contributed by atoms with Crippen molar-refractivity contribution in [3.8, 4) is 6.07 Å². The highest BCUT2D eigenvalue weighted by Crippen LogP contribution is 2.35. The van der Waals surface area contributed by atoms with E-state index in [-0.39, 0.29) is 0 Å². The summed E-state index contributed by atoms with van der Waals surface area (Å²) in [6.07, 6.45) is 4.45. The molecule has 1 N–H and O–H groups in total. The molecule has 0 aromatic carbocycles. The van der Waals surface area contributed by atoms with Gasteiger partial charge in [0.1, 0.15) is 0 Å². The molecule has 1 fully saturated rings. The van der Waals surface area contributed by atoms with Gasteiger partial charge in [0, 0.05) is 0 Å². The highest BCUT2D eigenvalue weighted by atomic mass is 16.3. The summed E-state index contributed by atoms with van der Waals surface area (Å²) in [5.41, 5.74) is -0.674. The highest BCUT2D eigenvalue weighted by molar-refractivity contribution is 4.94. The Morgan fingerprint density at radius 1 is 1.64 bits per heavy atom. The third-order valence-electron chi connectivity index (χ3n) is 2.80. The van der Waals surface area contributed by atoms with E-state index >= 15 is 0 Å². The van der Waals surface area contributed by atoms with Crippen LogP contribution < -0.4 is 0 Å². The Balaban J connectivity index is 2.58. The molecule has 0 aromatic heterocycles.